The molecule has 2 heterocycles. The van der Waals surface area contributed by atoms with Crippen LogP contribution < -0.4 is 10.2 Å². The third-order valence-corrected chi connectivity index (χ3v) is 6.02. The Bertz CT molecular complexity index is 652. The maximum atomic E-state index is 10.1. The number of rotatable bonds is 5. The molecule has 1 aliphatic carbocycles. The van der Waals surface area contributed by atoms with Crippen molar-refractivity contribution in [2.75, 3.05) is 57.3 Å². The minimum absolute atomic E-state index is 0.368. The van der Waals surface area contributed by atoms with Gasteiger partial charge in [0.1, 0.15) is 5.75 Å². The Morgan fingerprint density at radius 1 is 1.11 bits per heavy atom. The summed E-state index contributed by atoms with van der Waals surface area (Å²) in [6.45, 7) is 10.1. The van der Waals surface area contributed by atoms with E-state index < -0.39 is 0 Å². The van der Waals surface area contributed by atoms with E-state index in [4.69, 9.17) is 4.99 Å². The lowest BCUT2D eigenvalue weighted by Crippen LogP contribution is -2.52. The summed E-state index contributed by atoms with van der Waals surface area (Å²) in [5.41, 5.74) is 0.935. The molecule has 1 atom stereocenters. The quantitative estimate of drug-likeness (QED) is 0.612. The van der Waals surface area contributed by atoms with Crippen molar-refractivity contribution >= 4 is 11.6 Å². The normalized spacial score (nSPS) is 24.5. The van der Waals surface area contributed by atoms with E-state index in [1.165, 1.54) is 32.4 Å². The van der Waals surface area contributed by atoms with Gasteiger partial charge in [-0.3, -0.25) is 4.99 Å². The van der Waals surface area contributed by atoms with Crippen molar-refractivity contribution in [1.82, 2.24) is 15.1 Å². The first-order valence-electron chi connectivity index (χ1n) is 10.5. The Labute approximate surface area is 162 Å². The number of aliphatic imine (C=N–C) groups is 1. The van der Waals surface area contributed by atoms with Gasteiger partial charge < -0.3 is 25.1 Å². The monoisotopic (exact) mass is 371 g/mol. The molecular formula is C21H33N5O. The van der Waals surface area contributed by atoms with E-state index in [9.17, 15) is 5.11 Å². The molecular weight excluding hydrogens is 338 g/mol. The molecule has 6 nitrogen and oxygen atoms in total. The number of phenolic OH excluding ortho intramolecular Hbond substituents is 1. The molecule has 2 N–H and O–H groups in total. The summed E-state index contributed by atoms with van der Waals surface area (Å²) in [6, 6.07) is 8.50. The van der Waals surface area contributed by atoms with Crippen LogP contribution >= 0.6 is 0 Å². The Balaban J connectivity index is 1.32. The van der Waals surface area contributed by atoms with Crippen molar-refractivity contribution in [1.29, 1.82) is 0 Å². The number of piperazine rings is 1. The highest BCUT2D eigenvalue weighted by Gasteiger charge is 2.34. The minimum Gasteiger partial charge on any atom is -0.506 e. The number of hydrogen-bond acceptors (Lipinski definition) is 4. The van der Waals surface area contributed by atoms with Gasteiger partial charge in [-0.15, -0.1) is 0 Å². The summed E-state index contributed by atoms with van der Waals surface area (Å²) in [5, 5.41) is 13.6. The lowest BCUT2D eigenvalue weighted by atomic mass is 10.1. The molecule has 3 aliphatic rings. The van der Waals surface area contributed by atoms with Gasteiger partial charge in [-0.25, -0.2) is 0 Å². The van der Waals surface area contributed by atoms with Gasteiger partial charge in [0.05, 0.1) is 5.69 Å². The number of aromatic hydroxyl groups is 1. The molecule has 3 fully saturated rings. The maximum Gasteiger partial charge on any atom is 0.194 e. The van der Waals surface area contributed by atoms with Crippen LogP contribution in [-0.4, -0.2) is 79.3 Å². The van der Waals surface area contributed by atoms with Gasteiger partial charge in [-0.2, -0.15) is 0 Å². The van der Waals surface area contributed by atoms with E-state index in [1.807, 2.05) is 18.2 Å². The van der Waals surface area contributed by atoms with Crippen molar-refractivity contribution in [3.63, 3.8) is 0 Å². The second-order valence-electron chi connectivity index (χ2n) is 8.04. The number of benzene rings is 1. The predicted molar refractivity (Wildman–Crippen MR) is 111 cm³/mol. The molecule has 6 heteroatoms. The van der Waals surface area contributed by atoms with E-state index in [0.717, 1.165) is 57.0 Å². The lowest BCUT2D eigenvalue weighted by molar-refractivity contribution is 0.315. The summed E-state index contributed by atoms with van der Waals surface area (Å²) >= 11 is 0. The molecule has 1 unspecified atom stereocenters. The molecule has 0 aromatic heterocycles. The Kier molecular flexibility index (Phi) is 5.72. The summed E-state index contributed by atoms with van der Waals surface area (Å²) < 4.78 is 0. The summed E-state index contributed by atoms with van der Waals surface area (Å²) in [5.74, 6) is 2.13. The van der Waals surface area contributed by atoms with Gasteiger partial charge in [-0.1, -0.05) is 12.1 Å². The molecule has 1 saturated carbocycles. The average molecular weight is 372 g/mol. The van der Waals surface area contributed by atoms with E-state index in [0.29, 0.717) is 11.7 Å². The smallest absolute Gasteiger partial charge is 0.194 e. The highest BCUT2D eigenvalue weighted by atomic mass is 16.3. The van der Waals surface area contributed by atoms with Crippen molar-refractivity contribution in [2.45, 2.75) is 32.2 Å². The zero-order valence-electron chi connectivity index (χ0n) is 16.5. The van der Waals surface area contributed by atoms with Crippen LogP contribution in [-0.2, 0) is 0 Å². The Hall–Kier alpha value is -1.95. The standard InChI is InChI=1S/C21H33N5O/c1-2-22-21(23-15-17-9-10-26(16-17)18-7-8-18)25-13-11-24(12-14-25)19-5-3-4-6-20(19)27/h3-6,17-18,27H,2,7-16H2,1H3,(H,22,23). The maximum absolute atomic E-state index is 10.1. The first kappa shape index (κ1) is 18.4. The van der Waals surface area contributed by atoms with Crippen LogP contribution in [0.25, 0.3) is 0 Å². The van der Waals surface area contributed by atoms with E-state index in [-0.39, 0.29) is 0 Å². The van der Waals surface area contributed by atoms with Crippen LogP contribution in [0.2, 0.25) is 0 Å². The van der Waals surface area contributed by atoms with Gasteiger partial charge >= 0.3 is 0 Å². The van der Waals surface area contributed by atoms with E-state index in [2.05, 4.69) is 26.9 Å². The molecule has 4 rings (SSSR count). The zero-order chi connectivity index (χ0) is 18.6. The number of nitrogens with zero attached hydrogens (tertiary/aromatic N) is 4. The second kappa shape index (κ2) is 8.38. The number of para-hydroxylation sites is 2. The number of likely N-dealkylation sites (tertiary alicyclic amines) is 1. The van der Waals surface area contributed by atoms with Crippen molar-refractivity contribution in [3.8, 4) is 5.75 Å². The van der Waals surface area contributed by atoms with Crippen LogP contribution in [0.1, 0.15) is 26.2 Å². The van der Waals surface area contributed by atoms with Crippen molar-refractivity contribution in [2.24, 2.45) is 10.9 Å². The van der Waals surface area contributed by atoms with Crippen LogP contribution in [0.3, 0.4) is 0 Å². The molecule has 0 radical (unpaired) electrons. The van der Waals surface area contributed by atoms with Gasteiger partial charge in [0.15, 0.2) is 5.96 Å². The van der Waals surface area contributed by atoms with E-state index in [1.54, 1.807) is 6.07 Å². The first-order chi connectivity index (χ1) is 13.2. The van der Waals surface area contributed by atoms with Crippen LogP contribution in [0.15, 0.2) is 29.3 Å². The lowest BCUT2D eigenvalue weighted by Gasteiger charge is -2.38. The largest absolute Gasteiger partial charge is 0.506 e. The van der Waals surface area contributed by atoms with Crippen LogP contribution in [0, 0.1) is 5.92 Å². The van der Waals surface area contributed by atoms with Crippen LogP contribution in [0.5, 0.6) is 5.75 Å². The van der Waals surface area contributed by atoms with Gasteiger partial charge in [0.2, 0.25) is 0 Å². The van der Waals surface area contributed by atoms with Gasteiger partial charge in [0.25, 0.3) is 0 Å². The molecule has 1 aromatic carbocycles. The Morgan fingerprint density at radius 2 is 1.89 bits per heavy atom. The fraction of sp³-hybridized carbons (Fsp3) is 0.667. The molecule has 0 amide bonds. The summed E-state index contributed by atoms with van der Waals surface area (Å²) in [4.78, 5) is 12.3. The minimum atomic E-state index is 0.368. The molecule has 0 spiro atoms. The number of phenols is 1. The van der Waals surface area contributed by atoms with Gasteiger partial charge in [-0.05, 0) is 50.8 Å². The van der Waals surface area contributed by atoms with E-state index >= 15 is 0 Å². The first-order valence-corrected chi connectivity index (χ1v) is 10.5. The topological polar surface area (TPSA) is 54.3 Å². The molecule has 27 heavy (non-hydrogen) atoms. The fourth-order valence-corrected chi connectivity index (χ4v) is 4.32. The number of nitrogens with one attached hydrogen (secondary N) is 1. The van der Waals surface area contributed by atoms with Crippen LogP contribution in [0.4, 0.5) is 5.69 Å². The Morgan fingerprint density at radius 3 is 2.59 bits per heavy atom. The number of hydrogen-bond donors (Lipinski definition) is 2. The second-order valence-corrected chi connectivity index (χ2v) is 8.04. The number of guanidine groups is 1. The molecule has 2 saturated heterocycles. The summed E-state index contributed by atoms with van der Waals surface area (Å²) in [6.07, 6.45) is 4.10. The highest BCUT2D eigenvalue weighted by molar-refractivity contribution is 5.80. The molecule has 0 bridgehead atoms. The predicted octanol–water partition coefficient (Wildman–Crippen LogP) is 1.96. The third-order valence-electron chi connectivity index (χ3n) is 6.02. The molecule has 2 aliphatic heterocycles. The third kappa shape index (κ3) is 4.49. The molecule has 1 aromatic rings. The van der Waals surface area contributed by atoms with Gasteiger partial charge in [0, 0.05) is 51.9 Å². The SMILES string of the molecule is CCNC(=NCC1CCN(C2CC2)C1)N1CCN(c2ccccc2O)CC1. The fourth-order valence-electron chi connectivity index (χ4n) is 4.32. The van der Waals surface area contributed by atoms with Crippen molar-refractivity contribution < 1.29 is 5.11 Å². The highest BCUT2D eigenvalue weighted by Crippen LogP contribution is 2.32. The molecule has 148 valence electrons. The number of anilines is 1. The average Bonchev–Trinajstić information content (AvgIpc) is 3.44. The zero-order valence-corrected chi connectivity index (χ0v) is 16.5. The summed E-state index contributed by atoms with van der Waals surface area (Å²) in [7, 11) is 0. The van der Waals surface area contributed by atoms with Crippen molar-refractivity contribution in [3.05, 3.63) is 24.3 Å².